The number of carbonyl (C=O) groups is 1. The molecular formula is C22H29ClN2O5S. The van der Waals surface area contributed by atoms with Crippen molar-refractivity contribution in [3.63, 3.8) is 0 Å². The second-order valence-electron chi connectivity index (χ2n) is 7.16. The van der Waals surface area contributed by atoms with Gasteiger partial charge in [-0.1, -0.05) is 23.7 Å². The fourth-order valence-electron chi connectivity index (χ4n) is 3.17. The van der Waals surface area contributed by atoms with Crippen LogP contribution in [-0.2, 0) is 21.2 Å². The lowest BCUT2D eigenvalue weighted by Crippen LogP contribution is -2.33. The number of sulfonamides is 1. The first kappa shape index (κ1) is 24.8. The number of amides is 1. The van der Waals surface area contributed by atoms with E-state index < -0.39 is 10.0 Å². The second-order valence-corrected chi connectivity index (χ2v) is 9.50. The van der Waals surface area contributed by atoms with Gasteiger partial charge in [-0.25, -0.2) is 8.42 Å². The summed E-state index contributed by atoms with van der Waals surface area (Å²) >= 11 is 6.04. The standard InChI is InChI=1S/C22H29ClN2O5S/c1-16-7-9-18(23)15-19(16)25(31(4,27)28)13-5-6-22(26)24-12-11-17-8-10-20(29-2)21(14-17)30-3/h7-10,14-15H,5-6,11-13H2,1-4H3,(H,24,26). The van der Waals surface area contributed by atoms with Crippen LogP contribution in [0.1, 0.15) is 24.0 Å². The molecule has 0 unspecified atom stereocenters. The SMILES string of the molecule is COc1ccc(CCNC(=O)CCCN(c2cc(Cl)ccc2C)S(C)(=O)=O)cc1OC. The minimum absolute atomic E-state index is 0.128. The number of methoxy groups -OCH3 is 2. The largest absolute Gasteiger partial charge is 0.493 e. The van der Waals surface area contributed by atoms with Gasteiger partial charge in [0.2, 0.25) is 15.9 Å². The molecule has 2 rings (SSSR count). The highest BCUT2D eigenvalue weighted by atomic mass is 35.5. The first-order chi connectivity index (χ1) is 14.7. The lowest BCUT2D eigenvalue weighted by molar-refractivity contribution is -0.121. The maximum Gasteiger partial charge on any atom is 0.232 e. The Morgan fingerprint density at radius 2 is 1.81 bits per heavy atom. The van der Waals surface area contributed by atoms with Gasteiger partial charge >= 0.3 is 0 Å². The number of hydrogen-bond acceptors (Lipinski definition) is 5. The number of nitrogens with zero attached hydrogens (tertiary/aromatic N) is 1. The molecule has 170 valence electrons. The zero-order chi connectivity index (χ0) is 23.0. The molecule has 0 aliphatic heterocycles. The van der Waals surface area contributed by atoms with E-state index in [1.54, 1.807) is 32.4 Å². The number of benzene rings is 2. The summed E-state index contributed by atoms with van der Waals surface area (Å²) in [7, 11) is -0.342. The molecular weight excluding hydrogens is 440 g/mol. The lowest BCUT2D eigenvalue weighted by Gasteiger charge is -2.24. The van der Waals surface area contributed by atoms with Crippen LogP contribution in [0, 0.1) is 6.92 Å². The Morgan fingerprint density at radius 1 is 1.10 bits per heavy atom. The molecule has 0 heterocycles. The molecule has 2 aromatic rings. The van der Waals surface area contributed by atoms with Crippen molar-refractivity contribution >= 4 is 33.2 Å². The molecule has 31 heavy (non-hydrogen) atoms. The molecule has 9 heteroatoms. The van der Waals surface area contributed by atoms with Crippen LogP contribution in [0.5, 0.6) is 11.5 Å². The van der Waals surface area contributed by atoms with Crippen molar-refractivity contribution in [1.29, 1.82) is 0 Å². The molecule has 0 fully saturated rings. The quantitative estimate of drug-likeness (QED) is 0.545. The summed E-state index contributed by atoms with van der Waals surface area (Å²) in [5, 5.41) is 3.33. The summed E-state index contributed by atoms with van der Waals surface area (Å²) in [6.07, 6.45) is 2.40. The van der Waals surface area contributed by atoms with Crippen molar-refractivity contribution in [1.82, 2.24) is 5.32 Å². The molecule has 1 amide bonds. The zero-order valence-electron chi connectivity index (χ0n) is 18.3. The molecule has 0 aromatic heterocycles. The van der Waals surface area contributed by atoms with E-state index in [2.05, 4.69) is 5.32 Å². The van der Waals surface area contributed by atoms with E-state index in [9.17, 15) is 13.2 Å². The van der Waals surface area contributed by atoms with Crippen LogP contribution in [0.15, 0.2) is 36.4 Å². The molecule has 0 bridgehead atoms. The first-order valence-corrected chi connectivity index (χ1v) is 12.1. The summed E-state index contributed by atoms with van der Waals surface area (Å²) in [6, 6.07) is 10.7. The van der Waals surface area contributed by atoms with Crippen molar-refractivity contribution in [2.24, 2.45) is 0 Å². The smallest absolute Gasteiger partial charge is 0.232 e. The molecule has 0 radical (unpaired) electrons. The average molecular weight is 469 g/mol. The van der Waals surface area contributed by atoms with Gasteiger partial charge in [-0.05, 0) is 55.2 Å². The Kier molecular flexibility index (Phi) is 9.00. The third-order valence-corrected chi connectivity index (χ3v) is 6.20. The van der Waals surface area contributed by atoms with Crippen LogP contribution in [0.3, 0.4) is 0 Å². The van der Waals surface area contributed by atoms with E-state index in [1.165, 1.54) is 4.31 Å². The van der Waals surface area contributed by atoms with Crippen LogP contribution in [0.4, 0.5) is 5.69 Å². The van der Waals surface area contributed by atoms with Gasteiger partial charge in [0.25, 0.3) is 0 Å². The number of halogens is 1. The van der Waals surface area contributed by atoms with E-state index in [-0.39, 0.29) is 18.9 Å². The number of nitrogens with one attached hydrogen (secondary N) is 1. The Hall–Kier alpha value is -2.45. The number of anilines is 1. The molecule has 0 saturated heterocycles. The van der Waals surface area contributed by atoms with Crippen LogP contribution >= 0.6 is 11.6 Å². The van der Waals surface area contributed by atoms with Gasteiger partial charge in [0.05, 0.1) is 26.2 Å². The van der Waals surface area contributed by atoms with E-state index in [4.69, 9.17) is 21.1 Å². The fourth-order valence-corrected chi connectivity index (χ4v) is 4.35. The highest BCUT2D eigenvalue weighted by Crippen LogP contribution is 2.28. The van der Waals surface area contributed by atoms with Gasteiger partial charge < -0.3 is 14.8 Å². The zero-order valence-corrected chi connectivity index (χ0v) is 19.8. The minimum atomic E-state index is -3.50. The van der Waals surface area contributed by atoms with E-state index in [0.717, 1.165) is 17.4 Å². The number of hydrogen-bond donors (Lipinski definition) is 1. The first-order valence-electron chi connectivity index (χ1n) is 9.87. The Balaban J connectivity index is 1.87. The van der Waals surface area contributed by atoms with Crippen molar-refractivity contribution in [3.05, 3.63) is 52.5 Å². The van der Waals surface area contributed by atoms with Crippen LogP contribution in [0.2, 0.25) is 5.02 Å². The number of carbonyl (C=O) groups excluding carboxylic acids is 1. The van der Waals surface area contributed by atoms with Crippen molar-refractivity contribution < 1.29 is 22.7 Å². The van der Waals surface area contributed by atoms with Gasteiger partial charge in [0, 0.05) is 24.5 Å². The summed E-state index contributed by atoms with van der Waals surface area (Å²) in [5.41, 5.74) is 2.34. The van der Waals surface area contributed by atoms with Gasteiger partial charge in [-0.3, -0.25) is 9.10 Å². The molecule has 1 N–H and O–H groups in total. The van der Waals surface area contributed by atoms with Gasteiger partial charge in [-0.2, -0.15) is 0 Å². The molecule has 0 spiro atoms. The summed E-state index contributed by atoms with van der Waals surface area (Å²) < 4.78 is 36.3. The van der Waals surface area contributed by atoms with E-state index in [1.807, 2.05) is 25.1 Å². The van der Waals surface area contributed by atoms with Crippen LogP contribution in [0.25, 0.3) is 0 Å². The number of rotatable bonds is 11. The summed E-state index contributed by atoms with van der Waals surface area (Å²) in [4.78, 5) is 12.2. The third-order valence-electron chi connectivity index (χ3n) is 4.79. The Bertz CT molecular complexity index is 1010. The highest BCUT2D eigenvalue weighted by molar-refractivity contribution is 7.92. The van der Waals surface area contributed by atoms with Gasteiger partial charge in [-0.15, -0.1) is 0 Å². The minimum Gasteiger partial charge on any atom is -0.493 e. The number of aryl methyl sites for hydroxylation is 1. The van der Waals surface area contributed by atoms with E-state index >= 15 is 0 Å². The Morgan fingerprint density at radius 3 is 2.45 bits per heavy atom. The van der Waals surface area contributed by atoms with Crippen LogP contribution < -0.4 is 19.1 Å². The molecule has 0 atom stereocenters. The lowest BCUT2D eigenvalue weighted by atomic mass is 10.1. The van der Waals surface area contributed by atoms with Gasteiger partial charge in [0.1, 0.15) is 0 Å². The average Bonchev–Trinajstić information content (AvgIpc) is 2.72. The molecule has 0 aliphatic carbocycles. The topological polar surface area (TPSA) is 84.9 Å². The normalized spacial score (nSPS) is 11.1. The van der Waals surface area contributed by atoms with Gasteiger partial charge in [0.15, 0.2) is 11.5 Å². The third kappa shape index (κ3) is 7.33. The molecule has 0 aliphatic rings. The predicted molar refractivity (Wildman–Crippen MR) is 124 cm³/mol. The second kappa shape index (κ2) is 11.2. The summed E-state index contributed by atoms with van der Waals surface area (Å²) in [6.45, 7) is 2.49. The van der Waals surface area contributed by atoms with Crippen molar-refractivity contribution in [3.8, 4) is 11.5 Å². The highest BCUT2D eigenvalue weighted by Gasteiger charge is 2.19. The molecule has 2 aromatic carbocycles. The summed E-state index contributed by atoms with van der Waals surface area (Å²) in [5.74, 6) is 1.17. The van der Waals surface area contributed by atoms with Crippen LogP contribution in [-0.4, -0.2) is 47.9 Å². The Labute approximate surface area is 189 Å². The maximum absolute atomic E-state index is 12.3. The van der Waals surface area contributed by atoms with E-state index in [0.29, 0.717) is 41.6 Å². The maximum atomic E-state index is 12.3. The monoisotopic (exact) mass is 468 g/mol. The predicted octanol–water partition coefficient (Wildman–Crippen LogP) is 3.57. The fraction of sp³-hybridized carbons (Fsp3) is 0.409. The number of ether oxygens (including phenoxy) is 2. The van der Waals surface area contributed by atoms with Crippen molar-refractivity contribution in [2.45, 2.75) is 26.2 Å². The molecule has 7 nitrogen and oxygen atoms in total. The van der Waals surface area contributed by atoms with Crippen molar-refractivity contribution in [2.75, 3.05) is 37.9 Å². The molecule has 0 saturated carbocycles.